The molecule has 0 aliphatic heterocycles. The molecule has 0 aromatic heterocycles. The molecule has 0 aliphatic rings. The van der Waals surface area contributed by atoms with Crippen molar-refractivity contribution in [1.82, 2.24) is 0 Å². The van der Waals surface area contributed by atoms with Crippen molar-refractivity contribution < 1.29 is 39.8 Å². The first-order chi connectivity index (χ1) is 16.3. The molecule has 1 rings (SSSR count). The van der Waals surface area contributed by atoms with Crippen molar-refractivity contribution in [2.45, 2.75) is 42.8 Å². The number of rotatable bonds is 19. The first kappa shape index (κ1) is 31.5. The van der Waals surface area contributed by atoms with Crippen molar-refractivity contribution in [2.24, 2.45) is 0 Å². The molecule has 1 aromatic rings. The summed E-state index contributed by atoms with van der Waals surface area (Å²) >= 11 is 0. The highest BCUT2D eigenvalue weighted by atomic mass is 28.4. The lowest BCUT2D eigenvalue weighted by Gasteiger charge is -2.40. The lowest BCUT2D eigenvalue weighted by molar-refractivity contribution is 0.110. The molecule has 9 nitrogen and oxygen atoms in total. The van der Waals surface area contributed by atoms with E-state index in [1.165, 1.54) is 5.56 Å². The standard InChI is InChI=1S/C22H44O9Si3/c1-23-32(24-2,25-3)18-15-22(21-13-11-10-12-14-21,16-19-33(26-4,27-5)28-6)17-20-34(29-7,30-8)31-9/h10-14H,15-20H2,1-9H3. The molecule has 198 valence electrons. The second-order valence-electron chi connectivity index (χ2n) is 8.03. The summed E-state index contributed by atoms with van der Waals surface area (Å²) in [6.45, 7) is 0. The van der Waals surface area contributed by atoms with Crippen molar-refractivity contribution in [3.63, 3.8) is 0 Å². The predicted molar refractivity (Wildman–Crippen MR) is 137 cm³/mol. The van der Waals surface area contributed by atoms with E-state index < -0.39 is 26.4 Å². The van der Waals surface area contributed by atoms with Crippen LogP contribution in [0.25, 0.3) is 0 Å². The average Bonchev–Trinajstić information content (AvgIpc) is 2.91. The van der Waals surface area contributed by atoms with Crippen LogP contribution in [0.1, 0.15) is 24.8 Å². The average molecular weight is 537 g/mol. The van der Waals surface area contributed by atoms with Crippen LogP contribution >= 0.6 is 0 Å². The summed E-state index contributed by atoms with van der Waals surface area (Å²) in [5.41, 5.74) is 0.884. The Kier molecular flexibility index (Phi) is 13.8. The zero-order valence-corrected chi connectivity index (χ0v) is 25.3. The van der Waals surface area contributed by atoms with E-state index in [0.717, 1.165) is 19.3 Å². The Balaban J connectivity index is 3.50. The summed E-state index contributed by atoms with van der Waals surface area (Å²) in [4.78, 5) is 0. The largest absolute Gasteiger partial charge is 0.500 e. The van der Waals surface area contributed by atoms with Crippen molar-refractivity contribution in [3.05, 3.63) is 35.9 Å². The Labute approximate surface area is 209 Å². The third kappa shape index (κ3) is 7.75. The van der Waals surface area contributed by atoms with Gasteiger partial charge in [0.1, 0.15) is 0 Å². The molecule has 0 saturated carbocycles. The first-order valence-corrected chi connectivity index (χ1v) is 17.1. The third-order valence-electron chi connectivity index (χ3n) is 6.91. The monoisotopic (exact) mass is 536 g/mol. The Morgan fingerprint density at radius 3 is 0.971 bits per heavy atom. The van der Waals surface area contributed by atoms with E-state index in [9.17, 15) is 0 Å². The number of benzene rings is 1. The van der Waals surface area contributed by atoms with Gasteiger partial charge in [0.2, 0.25) is 0 Å². The molecule has 0 radical (unpaired) electrons. The molecule has 0 saturated heterocycles. The van der Waals surface area contributed by atoms with Crippen LogP contribution in [0, 0.1) is 0 Å². The molecule has 0 heterocycles. The zero-order valence-electron chi connectivity index (χ0n) is 22.3. The van der Waals surface area contributed by atoms with E-state index in [1.807, 2.05) is 6.07 Å². The molecule has 0 atom stereocenters. The Morgan fingerprint density at radius 2 is 0.735 bits per heavy atom. The maximum Gasteiger partial charge on any atom is 0.500 e. The lowest BCUT2D eigenvalue weighted by atomic mass is 9.73. The second kappa shape index (κ2) is 14.9. The van der Waals surface area contributed by atoms with E-state index in [4.69, 9.17) is 39.8 Å². The smallest absolute Gasteiger partial charge is 0.377 e. The SMILES string of the molecule is CO[Si](CCC(CC[Si](OC)(OC)OC)(CC[Si](OC)(OC)OC)c1ccccc1)(OC)OC. The minimum atomic E-state index is -2.82. The van der Waals surface area contributed by atoms with Crippen LogP contribution in [0.4, 0.5) is 0 Å². The topological polar surface area (TPSA) is 83.1 Å². The van der Waals surface area contributed by atoms with Gasteiger partial charge >= 0.3 is 26.4 Å². The molecule has 0 N–H and O–H groups in total. The fourth-order valence-electron chi connectivity index (χ4n) is 4.45. The van der Waals surface area contributed by atoms with Gasteiger partial charge in [0, 0.05) is 82.1 Å². The van der Waals surface area contributed by atoms with Crippen LogP contribution in [0.5, 0.6) is 0 Å². The van der Waals surface area contributed by atoms with Gasteiger partial charge in [0.25, 0.3) is 0 Å². The summed E-state index contributed by atoms with van der Waals surface area (Å²) in [5.74, 6) is 0. The quantitative estimate of drug-likeness (QED) is 0.246. The maximum absolute atomic E-state index is 5.75. The van der Waals surface area contributed by atoms with Crippen molar-refractivity contribution in [1.29, 1.82) is 0 Å². The summed E-state index contributed by atoms with van der Waals surface area (Å²) in [5, 5.41) is 0. The van der Waals surface area contributed by atoms with Crippen LogP contribution < -0.4 is 0 Å². The highest BCUT2D eigenvalue weighted by molar-refractivity contribution is 6.61. The maximum atomic E-state index is 5.75. The minimum absolute atomic E-state index is 0.309. The van der Waals surface area contributed by atoms with E-state index in [-0.39, 0.29) is 5.41 Å². The first-order valence-electron chi connectivity index (χ1n) is 11.3. The number of hydrogen-bond acceptors (Lipinski definition) is 9. The molecule has 0 aliphatic carbocycles. The van der Waals surface area contributed by atoms with E-state index in [2.05, 4.69) is 24.3 Å². The van der Waals surface area contributed by atoms with Gasteiger partial charge in [-0.15, -0.1) is 0 Å². The third-order valence-corrected chi connectivity index (χ3v) is 15.1. The van der Waals surface area contributed by atoms with Gasteiger partial charge in [0.05, 0.1) is 0 Å². The molecule has 0 unspecified atom stereocenters. The van der Waals surface area contributed by atoms with Crippen LogP contribution in [0.2, 0.25) is 18.1 Å². The van der Waals surface area contributed by atoms with Gasteiger partial charge in [-0.05, 0) is 30.2 Å². The van der Waals surface area contributed by atoms with E-state index in [1.54, 1.807) is 64.0 Å². The molecular formula is C22H44O9Si3. The predicted octanol–water partition coefficient (Wildman–Crippen LogP) is 3.73. The highest BCUT2D eigenvalue weighted by Crippen LogP contribution is 2.43. The highest BCUT2D eigenvalue weighted by Gasteiger charge is 2.48. The van der Waals surface area contributed by atoms with Crippen molar-refractivity contribution in [2.75, 3.05) is 64.0 Å². The zero-order chi connectivity index (χ0) is 25.7. The molecule has 0 bridgehead atoms. The van der Waals surface area contributed by atoms with Gasteiger partial charge < -0.3 is 39.8 Å². The van der Waals surface area contributed by atoms with Crippen LogP contribution in [-0.2, 0) is 45.2 Å². The number of hydrogen-bond donors (Lipinski definition) is 0. The summed E-state index contributed by atoms with van der Waals surface area (Å²) < 4.78 is 51.7. The van der Waals surface area contributed by atoms with Gasteiger partial charge in [0.15, 0.2) is 0 Å². The van der Waals surface area contributed by atoms with Crippen molar-refractivity contribution in [3.8, 4) is 0 Å². The molecule has 0 spiro atoms. The Morgan fingerprint density at radius 1 is 0.471 bits per heavy atom. The Bertz CT molecular complexity index is 584. The van der Waals surface area contributed by atoms with Gasteiger partial charge in [-0.25, -0.2) is 0 Å². The summed E-state index contributed by atoms with van der Waals surface area (Å²) in [6, 6.07) is 12.3. The van der Waals surface area contributed by atoms with E-state index >= 15 is 0 Å². The molecule has 12 heteroatoms. The lowest BCUT2D eigenvalue weighted by Crippen LogP contribution is -2.48. The van der Waals surface area contributed by atoms with E-state index in [0.29, 0.717) is 18.1 Å². The molecule has 0 amide bonds. The summed E-state index contributed by atoms with van der Waals surface area (Å²) in [7, 11) is 6.28. The fraction of sp³-hybridized carbons (Fsp3) is 0.727. The van der Waals surface area contributed by atoms with Crippen LogP contribution in [0.3, 0.4) is 0 Å². The van der Waals surface area contributed by atoms with Crippen LogP contribution in [0.15, 0.2) is 30.3 Å². The molecule has 0 fully saturated rings. The van der Waals surface area contributed by atoms with Gasteiger partial charge in [-0.2, -0.15) is 0 Å². The minimum Gasteiger partial charge on any atom is -0.377 e. The molecule has 1 aromatic carbocycles. The van der Waals surface area contributed by atoms with Gasteiger partial charge in [-0.1, -0.05) is 30.3 Å². The van der Waals surface area contributed by atoms with Crippen molar-refractivity contribution >= 4 is 26.4 Å². The second-order valence-corrected chi connectivity index (χ2v) is 17.3. The van der Waals surface area contributed by atoms with Crippen LogP contribution in [-0.4, -0.2) is 90.4 Å². The molecule has 34 heavy (non-hydrogen) atoms. The Hall–Kier alpha value is -0.489. The van der Waals surface area contributed by atoms with Gasteiger partial charge in [-0.3, -0.25) is 0 Å². The summed E-state index contributed by atoms with van der Waals surface area (Å²) in [6.07, 6.45) is 2.26. The molecular weight excluding hydrogens is 492 g/mol. The fourth-order valence-corrected chi connectivity index (χ4v) is 10.1. The normalized spacial score (nSPS) is 13.4.